The first-order valence-electron chi connectivity index (χ1n) is 6.38. The van der Waals surface area contributed by atoms with Crippen LogP contribution in [0.2, 0.25) is 0 Å². The van der Waals surface area contributed by atoms with E-state index >= 15 is 0 Å². The highest BCUT2D eigenvalue weighted by Gasteiger charge is 2.36. The molecule has 18 heavy (non-hydrogen) atoms. The second kappa shape index (κ2) is 4.95. The molecule has 0 spiro atoms. The number of methoxy groups -OCH3 is 1. The van der Waals surface area contributed by atoms with E-state index in [1.807, 2.05) is 13.8 Å². The summed E-state index contributed by atoms with van der Waals surface area (Å²) >= 11 is 0. The minimum absolute atomic E-state index is 0.344. The summed E-state index contributed by atoms with van der Waals surface area (Å²) < 4.78 is 5.38. The van der Waals surface area contributed by atoms with Crippen molar-refractivity contribution in [3.05, 3.63) is 28.8 Å². The zero-order valence-corrected chi connectivity index (χ0v) is 11.2. The van der Waals surface area contributed by atoms with Gasteiger partial charge in [-0.15, -0.1) is 0 Å². The smallest absolute Gasteiger partial charge is 0.235 e. The highest BCUT2D eigenvalue weighted by atomic mass is 16.5. The Morgan fingerprint density at radius 1 is 1.22 bits per heavy atom. The molecular weight excluding hydrogens is 226 g/mol. The molecule has 0 atom stereocenters. The van der Waals surface area contributed by atoms with E-state index in [-0.39, 0.29) is 5.54 Å². The number of nitrogens with zero attached hydrogens (tertiary/aromatic N) is 1. The molecule has 0 N–H and O–H groups in total. The molecule has 3 nitrogen and oxygen atoms in total. The summed E-state index contributed by atoms with van der Waals surface area (Å²) in [6, 6.07) is 4.19. The van der Waals surface area contributed by atoms with Gasteiger partial charge in [-0.2, -0.15) is 4.99 Å². The number of carbonyl (C=O) groups excluding carboxylic acids is 1. The van der Waals surface area contributed by atoms with Gasteiger partial charge in [0.15, 0.2) is 0 Å². The number of hydrogen-bond acceptors (Lipinski definition) is 3. The Hall–Kier alpha value is -1.60. The van der Waals surface area contributed by atoms with E-state index in [2.05, 4.69) is 17.1 Å². The van der Waals surface area contributed by atoms with E-state index in [1.165, 1.54) is 0 Å². The van der Waals surface area contributed by atoms with Gasteiger partial charge in [0.05, 0.1) is 12.6 Å². The topological polar surface area (TPSA) is 38.7 Å². The molecule has 1 aliphatic rings. The number of isocyanates is 1. The minimum atomic E-state index is -0.344. The van der Waals surface area contributed by atoms with E-state index in [9.17, 15) is 4.79 Å². The Morgan fingerprint density at radius 2 is 1.78 bits per heavy atom. The van der Waals surface area contributed by atoms with E-state index in [0.29, 0.717) is 0 Å². The highest BCUT2D eigenvalue weighted by molar-refractivity contribution is 5.47. The molecule has 2 rings (SSSR count). The monoisotopic (exact) mass is 245 g/mol. The highest BCUT2D eigenvalue weighted by Crippen LogP contribution is 2.43. The van der Waals surface area contributed by atoms with Gasteiger partial charge in [0.2, 0.25) is 6.08 Å². The van der Waals surface area contributed by atoms with Gasteiger partial charge in [0.1, 0.15) is 5.75 Å². The second-order valence-electron chi connectivity index (χ2n) is 5.09. The molecular formula is C15H19NO2. The third-order valence-corrected chi connectivity index (χ3v) is 3.89. The molecule has 0 aliphatic heterocycles. The van der Waals surface area contributed by atoms with Crippen molar-refractivity contribution in [2.75, 3.05) is 7.11 Å². The van der Waals surface area contributed by atoms with E-state index < -0.39 is 0 Å². The van der Waals surface area contributed by atoms with Crippen LogP contribution in [0.5, 0.6) is 5.75 Å². The summed E-state index contributed by atoms with van der Waals surface area (Å²) in [4.78, 5) is 14.8. The molecule has 0 unspecified atom stereocenters. The maximum absolute atomic E-state index is 10.7. The summed E-state index contributed by atoms with van der Waals surface area (Å²) in [5.41, 5.74) is 2.97. The lowest BCUT2D eigenvalue weighted by Gasteiger charge is -2.24. The molecule has 1 aromatic rings. The van der Waals surface area contributed by atoms with Crippen LogP contribution >= 0.6 is 0 Å². The van der Waals surface area contributed by atoms with E-state index in [1.54, 1.807) is 13.2 Å². The SMILES string of the molecule is COc1c(C)cc(C2(N=C=O)CCCC2)cc1C. The first-order chi connectivity index (χ1) is 8.63. The van der Waals surface area contributed by atoms with Crippen molar-refractivity contribution in [1.82, 2.24) is 0 Å². The van der Waals surface area contributed by atoms with Crippen molar-refractivity contribution in [3.8, 4) is 5.75 Å². The molecule has 0 bridgehead atoms. The first-order valence-corrected chi connectivity index (χ1v) is 6.38. The van der Waals surface area contributed by atoms with Gasteiger partial charge in [0, 0.05) is 0 Å². The summed E-state index contributed by atoms with van der Waals surface area (Å²) in [5, 5.41) is 0. The van der Waals surface area contributed by atoms with Gasteiger partial charge in [-0.05, 0) is 55.5 Å². The Balaban J connectivity index is 2.53. The number of ether oxygens (including phenoxy) is 1. The average Bonchev–Trinajstić information content (AvgIpc) is 2.79. The summed E-state index contributed by atoms with van der Waals surface area (Å²) in [7, 11) is 1.68. The molecule has 1 fully saturated rings. The van der Waals surface area contributed by atoms with Crippen LogP contribution in [0.25, 0.3) is 0 Å². The van der Waals surface area contributed by atoms with Gasteiger partial charge in [-0.1, -0.05) is 12.8 Å². The fraction of sp³-hybridized carbons (Fsp3) is 0.533. The van der Waals surface area contributed by atoms with Gasteiger partial charge in [-0.3, -0.25) is 0 Å². The molecule has 1 aromatic carbocycles. The molecule has 96 valence electrons. The van der Waals surface area contributed by atoms with Gasteiger partial charge in [-0.25, -0.2) is 4.79 Å². The molecule has 0 heterocycles. The number of aliphatic imine (C=N–C) groups is 1. The standard InChI is InChI=1S/C15H19NO2/c1-11-8-13(9-12(2)14(11)18-3)15(16-10-17)6-4-5-7-15/h8-9H,4-7H2,1-3H3. The van der Waals surface area contributed by atoms with Gasteiger partial charge >= 0.3 is 0 Å². The number of benzene rings is 1. The summed E-state index contributed by atoms with van der Waals surface area (Å²) in [5.74, 6) is 0.918. The number of aryl methyl sites for hydroxylation is 2. The fourth-order valence-electron chi connectivity index (χ4n) is 3.05. The summed E-state index contributed by atoms with van der Waals surface area (Å²) in [6.45, 7) is 4.06. The lowest BCUT2D eigenvalue weighted by atomic mass is 9.86. The van der Waals surface area contributed by atoms with Crippen molar-refractivity contribution >= 4 is 6.08 Å². The molecule has 1 saturated carbocycles. The van der Waals surface area contributed by atoms with Crippen molar-refractivity contribution in [1.29, 1.82) is 0 Å². The van der Waals surface area contributed by atoms with E-state index in [0.717, 1.165) is 48.1 Å². The lowest BCUT2D eigenvalue weighted by Crippen LogP contribution is -2.19. The Bertz CT molecular complexity index is 472. The van der Waals surface area contributed by atoms with Crippen LogP contribution in [0, 0.1) is 13.8 Å². The third-order valence-electron chi connectivity index (χ3n) is 3.89. The van der Waals surface area contributed by atoms with Crippen LogP contribution in [0.4, 0.5) is 0 Å². The zero-order chi connectivity index (χ0) is 13.2. The predicted molar refractivity (Wildman–Crippen MR) is 70.7 cm³/mol. The van der Waals surface area contributed by atoms with Gasteiger partial charge in [0.25, 0.3) is 0 Å². The molecule has 0 radical (unpaired) electrons. The van der Waals surface area contributed by atoms with Crippen LogP contribution in [-0.4, -0.2) is 13.2 Å². The maximum Gasteiger partial charge on any atom is 0.235 e. The predicted octanol–water partition coefficient (Wildman–Crippen LogP) is 3.42. The van der Waals surface area contributed by atoms with Crippen LogP contribution in [0.15, 0.2) is 17.1 Å². The molecule has 3 heteroatoms. The van der Waals surface area contributed by atoms with Crippen LogP contribution in [-0.2, 0) is 10.3 Å². The third kappa shape index (κ3) is 2.06. The van der Waals surface area contributed by atoms with Crippen LogP contribution in [0.3, 0.4) is 0 Å². The normalized spacial score (nSPS) is 17.3. The minimum Gasteiger partial charge on any atom is -0.496 e. The van der Waals surface area contributed by atoms with Crippen molar-refractivity contribution < 1.29 is 9.53 Å². The molecule has 0 saturated heterocycles. The van der Waals surface area contributed by atoms with Crippen molar-refractivity contribution in [3.63, 3.8) is 0 Å². The zero-order valence-electron chi connectivity index (χ0n) is 11.2. The average molecular weight is 245 g/mol. The van der Waals surface area contributed by atoms with Crippen molar-refractivity contribution in [2.24, 2.45) is 4.99 Å². The Kier molecular flexibility index (Phi) is 3.53. The Labute approximate surface area is 108 Å². The molecule has 0 amide bonds. The lowest BCUT2D eigenvalue weighted by molar-refractivity contribution is 0.406. The van der Waals surface area contributed by atoms with Gasteiger partial charge < -0.3 is 4.74 Å². The second-order valence-corrected chi connectivity index (χ2v) is 5.09. The fourth-order valence-corrected chi connectivity index (χ4v) is 3.05. The maximum atomic E-state index is 10.7. The van der Waals surface area contributed by atoms with Crippen LogP contribution in [0.1, 0.15) is 42.4 Å². The largest absolute Gasteiger partial charge is 0.496 e. The first kappa shape index (κ1) is 12.8. The molecule has 0 aromatic heterocycles. The van der Waals surface area contributed by atoms with Crippen molar-refractivity contribution in [2.45, 2.75) is 45.1 Å². The number of rotatable bonds is 3. The Morgan fingerprint density at radius 3 is 2.22 bits per heavy atom. The van der Waals surface area contributed by atoms with E-state index in [4.69, 9.17) is 4.74 Å². The quantitative estimate of drug-likeness (QED) is 0.604. The summed E-state index contributed by atoms with van der Waals surface area (Å²) in [6.07, 6.45) is 5.88. The molecule has 1 aliphatic carbocycles. The van der Waals surface area contributed by atoms with Crippen LogP contribution < -0.4 is 4.74 Å². The number of hydrogen-bond donors (Lipinski definition) is 0.